The van der Waals surface area contributed by atoms with Gasteiger partial charge in [-0.05, 0) is 42.8 Å². The summed E-state index contributed by atoms with van der Waals surface area (Å²) >= 11 is 0. The Morgan fingerprint density at radius 3 is 2.74 bits per heavy atom. The average molecular weight is 368 g/mol. The minimum atomic E-state index is -0.297. The molecule has 0 spiro atoms. The predicted molar refractivity (Wildman–Crippen MR) is 95.4 cm³/mol. The van der Waals surface area contributed by atoms with Crippen LogP contribution in [-0.2, 0) is 9.47 Å². The van der Waals surface area contributed by atoms with Crippen LogP contribution in [0.4, 0.5) is 10.3 Å². The molecule has 2 N–H and O–H groups in total. The van der Waals surface area contributed by atoms with Crippen molar-refractivity contribution in [2.45, 2.75) is 18.8 Å². The fourth-order valence-electron chi connectivity index (χ4n) is 3.56. The lowest BCUT2D eigenvalue weighted by atomic mass is 10.0. The number of aromatic nitrogens is 3. The zero-order valence-electron chi connectivity index (χ0n) is 14.3. The highest BCUT2D eigenvalue weighted by Gasteiger charge is 2.43. The quantitative estimate of drug-likeness (QED) is 0.759. The Morgan fingerprint density at radius 2 is 1.89 bits per heavy atom. The molecule has 7 nitrogen and oxygen atoms in total. The molecule has 3 aromatic rings. The van der Waals surface area contributed by atoms with Crippen LogP contribution in [0.3, 0.4) is 0 Å². The normalized spacial score (nSPS) is 24.3. The molecule has 0 bridgehead atoms. The van der Waals surface area contributed by atoms with Crippen molar-refractivity contribution >= 4 is 17.0 Å². The molecule has 0 aliphatic carbocycles. The fourth-order valence-corrected chi connectivity index (χ4v) is 3.56. The summed E-state index contributed by atoms with van der Waals surface area (Å²) in [5.74, 6) is 0.306. The summed E-state index contributed by atoms with van der Waals surface area (Å²) in [6.45, 7) is 1.09. The van der Waals surface area contributed by atoms with Crippen LogP contribution in [-0.4, -0.2) is 40.6 Å². The van der Waals surface area contributed by atoms with Gasteiger partial charge in [0.1, 0.15) is 11.9 Å². The number of hydrogen-bond donors (Lipinski definition) is 1. The first-order valence-electron chi connectivity index (χ1n) is 8.77. The van der Waals surface area contributed by atoms with E-state index in [1.54, 1.807) is 18.2 Å². The summed E-state index contributed by atoms with van der Waals surface area (Å²) < 4.78 is 30.5. The lowest BCUT2D eigenvalue weighted by Crippen LogP contribution is -2.26. The predicted octanol–water partition coefficient (Wildman–Crippen LogP) is 2.55. The number of ether oxygens (including phenoxy) is 3. The van der Waals surface area contributed by atoms with E-state index < -0.39 is 0 Å². The Bertz CT molecular complexity index is 998. The zero-order valence-corrected chi connectivity index (χ0v) is 14.3. The smallest absolute Gasteiger partial charge is 0.245 e. The van der Waals surface area contributed by atoms with Crippen LogP contribution in [0.1, 0.15) is 6.42 Å². The molecular formula is C19H17FN4O3. The molecule has 138 valence electrons. The summed E-state index contributed by atoms with van der Waals surface area (Å²) in [7, 11) is 0. The molecule has 4 heterocycles. The molecule has 2 aromatic heterocycles. The summed E-state index contributed by atoms with van der Waals surface area (Å²) in [6.07, 6.45) is 0.483. The number of nitrogens with zero attached hydrogens (tertiary/aromatic N) is 3. The lowest BCUT2D eigenvalue weighted by molar-refractivity contribution is -0.0906. The molecule has 0 unspecified atom stereocenters. The Balaban J connectivity index is 1.54. The summed E-state index contributed by atoms with van der Waals surface area (Å²) in [5, 5.41) is 0. The molecule has 2 saturated heterocycles. The van der Waals surface area contributed by atoms with Gasteiger partial charge in [-0.1, -0.05) is 0 Å². The third kappa shape index (κ3) is 2.96. The summed E-state index contributed by atoms with van der Waals surface area (Å²) in [6, 6.07) is 9.76. The number of nitrogen functional groups attached to an aromatic ring is 1. The fraction of sp³-hybridized carbons (Fsp3) is 0.316. The highest BCUT2D eigenvalue weighted by Crippen LogP contribution is 2.35. The van der Waals surface area contributed by atoms with Crippen molar-refractivity contribution in [3.05, 3.63) is 42.2 Å². The number of rotatable bonds is 3. The van der Waals surface area contributed by atoms with Crippen LogP contribution in [0.5, 0.6) is 5.88 Å². The van der Waals surface area contributed by atoms with E-state index in [1.165, 1.54) is 12.1 Å². The van der Waals surface area contributed by atoms with Crippen molar-refractivity contribution in [2.75, 3.05) is 18.9 Å². The second-order valence-corrected chi connectivity index (χ2v) is 6.64. The van der Waals surface area contributed by atoms with Crippen molar-refractivity contribution in [3.8, 4) is 17.1 Å². The van der Waals surface area contributed by atoms with Crippen molar-refractivity contribution < 1.29 is 18.6 Å². The monoisotopic (exact) mass is 368 g/mol. The molecule has 0 amide bonds. The molecule has 5 rings (SSSR count). The van der Waals surface area contributed by atoms with Crippen molar-refractivity contribution in [1.29, 1.82) is 0 Å². The molecule has 2 aliphatic rings. The second kappa shape index (κ2) is 6.40. The molecule has 0 saturated carbocycles. The lowest BCUT2D eigenvalue weighted by Gasteiger charge is -2.17. The van der Waals surface area contributed by atoms with E-state index in [0.29, 0.717) is 35.8 Å². The standard InChI is InChI=1S/C19H17FN4O3/c20-11-3-1-10(2-4-11)13-5-6-14-16(22-13)17(24-19(21)23-14)27-15-9-26-18-12(15)7-8-25-18/h1-6,12,15,18H,7-9H2,(H2,21,23,24)/t12-,15-,18+/m0/s1. The highest BCUT2D eigenvalue weighted by atomic mass is 19.1. The Morgan fingerprint density at radius 1 is 1.04 bits per heavy atom. The van der Waals surface area contributed by atoms with Crippen LogP contribution in [0.15, 0.2) is 36.4 Å². The molecular weight excluding hydrogens is 351 g/mol. The van der Waals surface area contributed by atoms with E-state index >= 15 is 0 Å². The number of nitrogens with two attached hydrogens (primary N) is 1. The topological polar surface area (TPSA) is 92.4 Å². The third-order valence-electron chi connectivity index (χ3n) is 4.92. The molecule has 27 heavy (non-hydrogen) atoms. The SMILES string of the molecule is Nc1nc(O[C@H]2CO[C@H]3OCC[C@H]32)c2nc(-c3ccc(F)cc3)ccc2n1. The van der Waals surface area contributed by atoms with Gasteiger partial charge >= 0.3 is 0 Å². The third-order valence-corrected chi connectivity index (χ3v) is 4.92. The van der Waals surface area contributed by atoms with Gasteiger partial charge in [-0.15, -0.1) is 0 Å². The Kier molecular flexibility index (Phi) is 3.87. The Hall–Kier alpha value is -2.84. The molecule has 2 fully saturated rings. The van der Waals surface area contributed by atoms with E-state index in [0.717, 1.165) is 12.0 Å². The van der Waals surface area contributed by atoms with Crippen LogP contribution in [0, 0.1) is 11.7 Å². The maximum Gasteiger partial charge on any atom is 0.245 e. The average Bonchev–Trinajstić information content (AvgIpc) is 3.27. The van der Waals surface area contributed by atoms with Crippen molar-refractivity contribution in [2.24, 2.45) is 5.92 Å². The van der Waals surface area contributed by atoms with Crippen LogP contribution in [0.2, 0.25) is 0 Å². The molecule has 8 heteroatoms. The minimum absolute atomic E-state index is 0.118. The van der Waals surface area contributed by atoms with Crippen molar-refractivity contribution in [1.82, 2.24) is 15.0 Å². The number of benzene rings is 1. The summed E-state index contributed by atoms with van der Waals surface area (Å²) in [5.41, 5.74) is 8.39. The second-order valence-electron chi connectivity index (χ2n) is 6.64. The van der Waals surface area contributed by atoms with E-state index in [9.17, 15) is 4.39 Å². The first-order chi connectivity index (χ1) is 13.2. The van der Waals surface area contributed by atoms with Gasteiger partial charge in [0.05, 0.1) is 30.3 Å². The van der Waals surface area contributed by atoms with Gasteiger partial charge in [-0.2, -0.15) is 4.98 Å². The van der Waals surface area contributed by atoms with Gasteiger partial charge in [0.15, 0.2) is 11.8 Å². The number of halogens is 1. The van der Waals surface area contributed by atoms with Crippen LogP contribution < -0.4 is 10.5 Å². The molecule has 3 atom stereocenters. The van der Waals surface area contributed by atoms with Crippen LogP contribution >= 0.6 is 0 Å². The van der Waals surface area contributed by atoms with Gasteiger partial charge in [0.2, 0.25) is 11.8 Å². The van der Waals surface area contributed by atoms with E-state index in [4.69, 9.17) is 19.9 Å². The Labute approximate surface area is 154 Å². The van der Waals surface area contributed by atoms with Gasteiger partial charge < -0.3 is 19.9 Å². The van der Waals surface area contributed by atoms with Gasteiger partial charge in [0.25, 0.3) is 0 Å². The van der Waals surface area contributed by atoms with Gasteiger partial charge in [-0.25, -0.2) is 14.4 Å². The first-order valence-corrected chi connectivity index (χ1v) is 8.77. The molecule has 1 aromatic carbocycles. The van der Waals surface area contributed by atoms with Gasteiger partial charge in [0, 0.05) is 5.56 Å². The molecule has 2 aliphatic heterocycles. The van der Waals surface area contributed by atoms with Crippen LogP contribution in [0.25, 0.3) is 22.3 Å². The minimum Gasteiger partial charge on any atom is -0.470 e. The van der Waals surface area contributed by atoms with Crippen molar-refractivity contribution in [3.63, 3.8) is 0 Å². The van der Waals surface area contributed by atoms with E-state index in [-0.39, 0.29) is 30.1 Å². The summed E-state index contributed by atoms with van der Waals surface area (Å²) in [4.78, 5) is 13.1. The number of anilines is 1. The maximum absolute atomic E-state index is 13.2. The van der Waals surface area contributed by atoms with Gasteiger partial charge in [-0.3, -0.25) is 0 Å². The number of pyridine rings is 1. The molecule has 0 radical (unpaired) electrons. The maximum atomic E-state index is 13.2. The highest BCUT2D eigenvalue weighted by molar-refractivity contribution is 5.83. The first kappa shape index (κ1) is 16.3. The van der Waals surface area contributed by atoms with E-state index in [2.05, 4.69) is 15.0 Å². The largest absolute Gasteiger partial charge is 0.470 e. The number of fused-ring (bicyclic) bond motifs is 2. The number of hydrogen-bond acceptors (Lipinski definition) is 7. The zero-order chi connectivity index (χ0) is 18.4. The van der Waals surface area contributed by atoms with E-state index in [1.807, 2.05) is 6.07 Å².